The van der Waals surface area contributed by atoms with Crippen molar-refractivity contribution in [3.05, 3.63) is 24.0 Å². The first-order valence-electron chi connectivity index (χ1n) is 4.35. The van der Waals surface area contributed by atoms with E-state index in [9.17, 15) is 4.39 Å². The maximum atomic E-state index is 12.9. The van der Waals surface area contributed by atoms with Gasteiger partial charge in [0, 0.05) is 5.75 Å². The van der Waals surface area contributed by atoms with Crippen LogP contribution in [-0.4, -0.2) is 11.9 Å². The van der Waals surface area contributed by atoms with Crippen molar-refractivity contribution in [2.75, 3.05) is 5.75 Å². The summed E-state index contributed by atoms with van der Waals surface area (Å²) < 4.78 is 18.5. The topological polar surface area (TPSA) is 9.23 Å². The Bertz CT molecular complexity index is 314. The number of hydrogen-bond acceptors (Lipinski definition) is 2. The summed E-state index contributed by atoms with van der Waals surface area (Å²) in [6.45, 7) is 2.04. The predicted molar refractivity (Wildman–Crippen MR) is 51.8 cm³/mol. The molecule has 0 spiro atoms. The number of hydrogen-bond donors (Lipinski definition) is 0. The SMILES string of the molecule is CC1CCSc2cc(F)ccc2O1. The summed E-state index contributed by atoms with van der Waals surface area (Å²) in [6.07, 6.45) is 1.25. The Kier molecular flexibility index (Phi) is 2.44. The fourth-order valence-electron chi connectivity index (χ4n) is 1.30. The number of thioether (sulfide) groups is 1. The number of benzene rings is 1. The largest absolute Gasteiger partial charge is 0.490 e. The second-order valence-corrected chi connectivity index (χ2v) is 4.29. The summed E-state index contributed by atoms with van der Waals surface area (Å²) in [6, 6.07) is 4.69. The molecule has 1 aliphatic rings. The molecule has 0 fully saturated rings. The van der Waals surface area contributed by atoms with Crippen LogP contribution in [0.1, 0.15) is 13.3 Å². The van der Waals surface area contributed by atoms with E-state index in [4.69, 9.17) is 4.74 Å². The van der Waals surface area contributed by atoms with Crippen molar-refractivity contribution < 1.29 is 9.13 Å². The van der Waals surface area contributed by atoms with Gasteiger partial charge in [-0.3, -0.25) is 0 Å². The van der Waals surface area contributed by atoms with Crippen molar-refractivity contribution in [2.45, 2.75) is 24.3 Å². The van der Waals surface area contributed by atoms with Gasteiger partial charge in [0.25, 0.3) is 0 Å². The molecule has 1 aliphatic heterocycles. The molecule has 0 saturated heterocycles. The smallest absolute Gasteiger partial charge is 0.133 e. The highest BCUT2D eigenvalue weighted by Crippen LogP contribution is 2.34. The molecule has 0 N–H and O–H groups in total. The first-order valence-corrected chi connectivity index (χ1v) is 5.33. The summed E-state index contributed by atoms with van der Waals surface area (Å²) in [5.41, 5.74) is 0. The Morgan fingerprint density at radius 3 is 3.23 bits per heavy atom. The fraction of sp³-hybridized carbons (Fsp3) is 0.400. The van der Waals surface area contributed by atoms with E-state index in [2.05, 4.69) is 0 Å². The monoisotopic (exact) mass is 198 g/mol. The van der Waals surface area contributed by atoms with Crippen molar-refractivity contribution in [3.63, 3.8) is 0 Å². The van der Waals surface area contributed by atoms with Crippen molar-refractivity contribution in [1.82, 2.24) is 0 Å². The van der Waals surface area contributed by atoms with Gasteiger partial charge < -0.3 is 4.74 Å². The molecule has 0 aliphatic carbocycles. The maximum Gasteiger partial charge on any atom is 0.133 e. The number of halogens is 1. The molecular weight excluding hydrogens is 187 g/mol. The molecule has 1 aromatic rings. The van der Waals surface area contributed by atoms with E-state index in [1.807, 2.05) is 6.92 Å². The Morgan fingerprint density at radius 2 is 2.38 bits per heavy atom. The molecule has 1 heterocycles. The van der Waals surface area contributed by atoms with E-state index >= 15 is 0 Å². The second-order valence-electron chi connectivity index (χ2n) is 3.16. The summed E-state index contributed by atoms with van der Waals surface area (Å²) in [7, 11) is 0. The number of ether oxygens (including phenoxy) is 1. The Balaban J connectivity index is 2.34. The molecule has 3 heteroatoms. The Hall–Kier alpha value is -0.700. The van der Waals surface area contributed by atoms with Crippen LogP contribution >= 0.6 is 11.8 Å². The Labute approximate surface area is 81.3 Å². The lowest BCUT2D eigenvalue weighted by Crippen LogP contribution is -2.10. The standard InChI is InChI=1S/C10H11FOS/c1-7-4-5-13-10-6-8(11)2-3-9(10)12-7/h2-3,6-7H,4-5H2,1H3. The van der Waals surface area contributed by atoms with E-state index in [0.29, 0.717) is 0 Å². The fourth-order valence-corrected chi connectivity index (χ4v) is 2.43. The normalized spacial score (nSPS) is 21.5. The number of rotatable bonds is 0. The van der Waals surface area contributed by atoms with E-state index in [0.717, 1.165) is 22.8 Å². The summed E-state index contributed by atoms with van der Waals surface area (Å²) in [4.78, 5) is 0.921. The lowest BCUT2D eigenvalue weighted by molar-refractivity contribution is 0.216. The number of fused-ring (bicyclic) bond motifs is 1. The van der Waals surface area contributed by atoms with Gasteiger partial charge in [0.2, 0.25) is 0 Å². The third kappa shape index (κ3) is 1.97. The van der Waals surface area contributed by atoms with Gasteiger partial charge >= 0.3 is 0 Å². The molecule has 13 heavy (non-hydrogen) atoms. The molecule has 1 aromatic carbocycles. The highest BCUT2D eigenvalue weighted by Gasteiger charge is 2.14. The lowest BCUT2D eigenvalue weighted by atomic mass is 10.3. The van der Waals surface area contributed by atoms with Crippen LogP contribution in [0.15, 0.2) is 23.1 Å². The van der Waals surface area contributed by atoms with E-state index in [1.165, 1.54) is 12.1 Å². The third-order valence-corrected chi connectivity index (χ3v) is 3.09. The lowest BCUT2D eigenvalue weighted by Gasteiger charge is -2.11. The molecule has 2 rings (SSSR count). The average Bonchev–Trinajstić information content (AvgIpc) is 2.25. The first-order chi connectivity index (χ1) is 6.25. The van der Waals surface area contributed by atoms with Crippen LogP contribution in [0.3, 0.4) is 0 Å². The third-order valence-electron chi connectivity index (χ3n) is 2.02. The minimum atomic E-state index is -0.190. The predicted octanol–water partition coefficient (Wildman–Crippen LogP) is 3.09. The van der Waals surface area contributed by atoms with Crippen molar-refractivity contribution in [2.24, 2.45) is 0 Å². The van der Waals surface area contributed by atoms with Gasteiger partial charge in [-0.25, -0.2) is 4.39 Å². The molecule has 0 radical (unpaired) electrons. The summed E-state index contributed by atoms with van der Waals surface area (Å²) in [5.74, 6) is 1.62. The van der Waals surface area contributed by atoms with Crippen LogP contribution in [0.4, 0.5) is 4.39 Å². The molecule has 70 valence electrons. The van der Waals surface area contributed by atoms with Crippen LogP contribution in [0.5, 0.6) is 5.75 Å². The summed E-state index contributed by atoms with van der Waals surface area (Å²) >= 11 is 1.66. The Morgan fingerprint density at radius 1 is 1.54 bits per heavy atom. The first kappa shape index (κ1) is 8.88. The van der Waals surface area contributed by atoms with E-state index < -0.39 is 0 Å². The molecule has 0 saturated carbocycles. The molecular formula is C10H11FOS. The molecule has 0 amide bonds. The van der Waals surface area contributed by atoms with Gasteiger partial charge in [-0.05, 0) is 31.5 Å². The maximum absolute atomic E-state index is 12.9. The summed E-state index contributed by atoms with van der Waals surface area (Å²) in [5, 5.41) is 0. The van der Waals surface area contributed by atoms with Gasteiger partial charge in [0.15, 0.2) is 0 Å². The van der Waals surface area contributed by atoms with Gasteiger partial charge in [-0.1, -0.05) is 0 Å². The van der Waals surface area contributed by atoms with Crippen LogP contribution < -0.4 is 4.74 Å². The molecule has 0 bridgehead atoms. The molecule has 0 aromatic heterocycles. The van der Waals surface area contributed by atoms with E-state index in [1.54, 1.807) is 17.8 Å². The van der Waals surface area contributed by atoms with Crippen LogP contribution in [0.25, 0.3) is 0 Å². The zero-order valence-corrected chi connectivity index (χ0v) is 8.23. The van der Waals surface area contributed by atoms with Crippen molar-refractivity contribution in [3.8, 4) is 5.75 Å². The van der Waals surface area contributed by atoms with Crippen molar-refractivity contribution in [1.29, 1.82) is 0 Å². The average molecular weight is 198 g/mol. The van der Waals surface area contributed by atoms with Crippen molar-refractivity contribution >= 4 is 11.8 Å². The van der Waals surface area contributed by atoms with Crippen LogP contribution in [0, 0.1) is 5.82 Å². The van der Waals surface area contributed by atoms with Crippen LogP contribution in [-0.2, 0) is 0 Å². The molecule has 1 unspecified atom stereocenters. The minimum absolute atomic E-state index is 0.190. The van der Waals surface area contributed by atoms with Gasteiger partial charge in [-0.15, -0.1) is 11.8 Å². The van der Waals surface area contributed by atoms with Gasteiger partial charge in [0.05, 0.1) is 11.0 Å². The highest BCUT2D eigenvalue weighted by atomic mass is 32.2. The highest BCUT2D eigenvalue weighted by molar-refractivity contribution is 7.99. The molecule has 1 atom stereocenters. The zero-order valence-electron chi connectivity index (χ0n) is 7.42. The quantitative estimate of drug-likeness (QED) is 0.633. The van der Waals surface area contributed by atoms with Gasteiger partial charge in [0.1, 0.15) is 11.6 Å². The zero-order chi connectivity index (χ0) is 9.26. The minimum Gasteiger partial charge on any atom is -0.490 e. The van der Waals surface area contributed by atoms with Gasteiger partial charge in [-0.2, -0.15) is 0 Å². The second kappa shape index (κ2) is 3.58. The van der Waals surface area contributed by atoms with E-state index in [-0.39, 0.29) is 11.9 Å². The molecule has 1 nitrogen and oxygen atoms in total. The van der Waals surface area contributed by atoms with Crippen LogP contribution in [0.2, 0.25) is 0 Å².